The van der Waals surface area contributed by atoms with Gasteiger partial charge in [-0.1, -0.05) is 0 Å². The fourth-order valence-corrected chi connectivity index (χ4v) is 5.74. The van der Waals surface area contributed by atoms with Gasteiger partial charge in [0.1, 0.15) is 0 Å². The van der Waals surface area contributed by atoms with Crippen molar-refractivity contribution in [2.45, 2.75) is 44.6 Å². The molecule has 1 saturated heterocycles. The molecule has 0 radical (unpaired) electrons. The number of rotatable bonds is 4. The molecule has 1 atom stereocenters. The van der Waals surface area contributed by atoms with Crippen LogP contribution in [0.25, 0.3) is 11.0 Å². The van der Waals surface area contributed by atoms with Crippen molar-refractivity contribution >= 4 is 28.3 Å². The van der Waals surface area contributed by atoms with Gasteiger partial charge in [0.05, 0.1) is 17.8 Å². The van der Waals surface area contributed by atoms with E-state index in [1.54, 1.807) is 17.5 Å². The summed E-state index contributed by atoms with van der Waals surface area (Å²) in [6.07, 6.45) is 7.38. The molecule has 1 fully saturated rings. The van der Waals surface area contributed by atoms with Crippen LogP contribution in [0.1, 0.15) is 51.7 Å². The van der Waals surface area contributed by atoms with Crippen LogP contribution >= 0.6 is 11.3 Å². The molecule has 6 nitrogen and oxygen atoms in total. The summed E-state index contributed by atoms with van der Waals surface area (Å²) >= 11 is 1.76. The van der Waals surface area contributed by atoms with Crippen molar-refractivity contribution in [3.05, 3.63) is 45.4 Å². The van der Waals surface area contributed by atoms with Gasteiger partial charge in [-0.15, -0.1) is 11.3 Å². The maximum absolute atomic E-state index is 13.2. The highest BCUT2D eigenvalue weighted by atomic mass is 32.1. The molecule has 0 saturated carbocycles. The largest absolute Gasteiger partial charge is 0.338 e. The molecular formula is C21H25N5OS. The number of carbonyl (C=O) groups is 1. The third-order valence-corrected chi connectivity index (χ3v) is 7.12. The minimum atomic E-state index is 0.200. The Kier molecular flexibility index (Phi) is 4.64. The maximum atomic E-state index is 13.2. The van der Waals surface area contributed by atoms with Gasteiger partial charge in [0.2, 0.25) is 0 Å². The molecule has 1 aliphatic heterocycles. The van der Waals surface area contributed by atoms with Gasteiger partial charge in [0.15, 0.2) is 5.65 Å². The van der Waals surface area contributed by atoms with Crippen LogP contribution in [0.5, 0.6) is 0 Å². The van der Waals surface area contributed by atoms with E-state index in [2.05, 4.69) is 16.4 Å². The third-order valence-electron chi connectivity index (χ3n) is 6.03. The maximum Gasteiger partial charge on any atom is 0.255 e. The van der Waals surface area contributed by atoms with E-state index >= 15 is 0 Å². The quantitative estimate of drug-likeness (QED) is 0.737. The molecule has 0 aromatic carbocycles. The zero-order chi connectivity index (χ0) is 19.1. The van der Waals surface area contributed by atoms with E-state index in [9.17, 15) is 4.79 Å². The number of aryl methyl sites for hydroxylation is 1. The van der Waals surface area contributed by atoms with Crippen LogP contribution in [0.2, 0.25) is 0 Å². The average molecular weight is 396 g/mol. The minimum Gasteiger partial charge on any atom is -0.338 e. The van der Waals surface area contributed by atoms with Crippen molar-refractivity contribution in [2.75, 3.05) is 19.6 Å². The number of nitrogens with two attached hydrogens (primary N) is 1. The second-order valence-electron chi connectivity index (χ2n) is 7.77. The molecule has 28 heavy (non-hydrogen) atoms. The monoisotopic (exact) mass is 395 g/mol. The van der Waals surface area contributed by atoms with Crippen molar-refractivity contribution < 1.29 is 4.79 Å². The highest BCUT2D eigenvalue weighted by Crippen LogP contribution is 2.35. The molecular weight excluding hydrogens is 370 g/mol. The molecule has 2 aliphatic rings. The van der Waals surface area contributed by atoms with E-state index in [-0.39, 0.29) is 11.8 Å². The first-order valence-electron chi connectivity index (χ1n) is 10.2. The molecule has 5 rings (SSSR count). The number of hydrogen-bond acceptors (Lipinski definition) is 5. The molecule has 1 aliphatic carbocycles. The van der Waals surface area contributed by atoms with Gasteiger partial charge in [-0.05, 0) is 49.8 Å². The van der Waals surface area contributed by atoms with Crippen molar-refractivity contribution in [1.82, 2.24) is 19.7 Å². The van der Waals surface area contributed by atoms with Crippen molar-refractivity contribution in [2.24, 2.45) is 5.73 Å². The Bertz CT molecular complexity index is 1020. The van der Waals surface area contributed by atoms with Crippen LogP contribution in [0.3, 0.4) is 0 Å². The molecule has 3 aromatic rings. The highest BCUT2D eigenvalue weighted by molar-refractivity contribution is 7.10. The topological polar surface area (TPSA) is 77.0 Å². The predicted octanol–water partition coefficient (Wildman–Crippen LogP) is 2.96. The molecule has 1 amide bonds. The van der Waals surface area contributed by atoms with Crippen LogP contribution < -0.4 is 5.73 Å². The Hall–Kier alpha value is -2.25. The number of thiophene rings is 1. The van der Waals surface area contributed by atoms with Gasteiger partial charge >= 0.3 is 0 Å². The average Bonchev–Trinajstić information content (AvgIpc) is 3.45. The Balaban J connectivity index is 1.40. The Labute approximate surface area is 168 Å². The van der Waals surface area contributed by atoms with Gasteiger partial charge in [0, 0.05) is 47.4 Å². The summed E-state index contributed by atoms with van der Waals surface area (Å²) in [6.45, 7) is 2.71. The lowest BCUT2D eigenvalue weighted by Crippen LogP contribution is -2.29. The van der Waals surface area contributed by atoms with E-state index in [0.29, 0.717) is 13.1 Å². The zero-order valence-corrected chi connectivity index (χ0v) is 16.7. The van der Waals surface area contributed by atoms with Crippen LogP contribution in [-0.2, 0) is 19.4 Å². The molecule has 3 aromatic heterocycles. The van der Waals surface area contributed by atoms with Crippen molar-refractivity contribution in [3.63, 3.8) is 0 Å². The summed E-state index contributed by atoms with van der Waals surface area (Å²) in [6, 6.07) is 4.03. The number of pyridine rings is 1. The van der Waals surface area contributed by atoms with Gasteiger partial charge in [-0.2, -0.15) is 5.10 Å². The Morgan fingerprint density at radius 1 is 1.32 bits per heavy atom. The standard InChI is InChI=1S/C21H25N5OS/c22-8-11-26-20-16(5-3-9-23-20)19(24-26)14-7-10-25(12-14)21(27)17-13-28-18-6-2-1-4-15(17)18/h3,5,9,13-14H,1-2,4,6-8,10-12,22H2/t14-/m1/s1. The summed E-state index contributed by atoms with van der Waals surface area (Å²) in [5.74, 6) is 0.454. The SMILES string of the molecule is NCCn1nc([C@@H]2CCN(C(=O)c3csc4c3CCCC4)C2)c2cccnc21. The van der Waals surface area contributed by atoms with Crippen LogP contribution in [0.4, 0.5) is 0 Å². The van der Waals surface area contributed by atoms with E-state index in [4.69, 9.17) is 10.8 Å². The molecule has 0 unspecified atom stereocenters. The zero-order valence-electron chi connectivity index (χ0n) is 15.9. The molecule has 7 heteroatoms. The van der Waals surface area contributed by atoms with Gasteiger partial charge in [0.25, 0.3) is 5.91 Å². The van der Waals surface area contributed by atoms with Gasteiger partial charge in [-0.3, -0.25) is 4.79 Å². The molecule has 0 bridgehead atoms. The first kappa shape index (κ1) is 17.8. The van der Waals surface area contributed by atoms with E-state index in [0.717, 1.165) is 54.6 Å². The summed E-state index contributed by atoms with van der Waals surface area (Å²) in [7, 11) is 0. The smallest absolute Gasteiger partial charge is 0.255 e. The number of fused-ring (bicyclic) bond motifs is 2. The number of carbonyl (C=O) groups excluding carboxylic acids is 1. The predicted molar refractivity (Wildman–Crippen MR) is 111 cm³/mol. The summed E-state index contributed by atoms with van der Waals surface area (Å²) < 4.78 is 1.91. The van der Waals surface area contributed by atoms with E-state index in [1.807, 2.05) is 15.6 Å². The fourth-order valence-electron chi connectivity index (χ4n) is 4.63. The summed E-state index contributed by atoms with van der Waals surface area (Å²) in [4.78, 5) is 21.1. The number of aromatic nitrogens is 3. The molecule has 4 heterocycles. The normalized spacial score (nSPS) is 19.3. The van der Waals surface area contributed by atoms with Crippen LogP contribution in [0.15, 0.2) is 23.7 Å². The minimum absolute atomic E-state index is 0.200. The van der Waals surface area contributed by atoms with Crippen molar-refractivity contribution in [3.8, 4) is 0 Å². The molecule has 0 spiro atoms. The molecule has 146 valence electrons. The van der Waals surface area contributed by atoms with Crippen LogP contribution in [0, 0.1) is 0 Å². The van der Waals surface area contributed by atoms with E-state index < -0.39 is 0 Å². The lowest BCUT2D eigenvalue weighted by atomic mass is 9.95. The number of amides is 1. The number of likely N-dealkylation sites (tertiary alicyclic amines) is 1. The van der Waals surface area contributed by atoms with Gasteiger partial charge < -0.3 is 10.6 Å². The highest BCUT2D eigenvalue weighted by Gasteiger charge is 2.33. The molecule has 2 N–H and O–H groups in total. The first-order chi connectivity index (χ1) is 13.8. The van der Waals surface area contributed by atoms with Crippen LogP contribution in [-0.4, -0.2) is 45.2 Å². The summed E-state index contributed by atoms with van der Waals surface area (Å²) in [5, 5.41) is 8.00. The second kappa shape index (κ2) is 7.29. The number of nitrogens with zero attached hydrogens (tertiary/aromatic N) is 4. The number of hydrogen-bond donors (Lipinski definition) is 1. The van der Waals surface area contributed by atoms with Crippen molar-refractivity contribution in [1.29, 1.82) is 0 Å². The lowest BCUT2D eigenvalue weighted by Gasteiger charge is -2.18. The van der Waals surface area contributed by atoms with E-state index in [1.165, 1.54) is 23.3 Å². The second-order valence-corrected chi connectivity index (χ2v) is 8.73. The summed E-state index contributed by atoms with van der Waals surface area (Å²) in [5.41, 5.74) is 9.95. The fraction of sp³-hybridized carbons (Fsp3) is 0.476. The first-order valence-corrected chi connectivity index (χ1v) is 11.0. The Morgan fingerprint density at radius 3 is 3.11 bits per heavy atom. The third kappa shape index (κ3) is 2.93. The van der Waals surface area contributed by atoms with Gasteiger partial charge in [-0.25, -0.2) is 9.67 Å². The Morgan fingerprint density at radius 2 is 2.21 bits per heavy atom. The lowest BCUT2D eigenvalue weighted by molar-refractivity contribution is 0.0790.